The molecule has 0 aromatic heterocycles. The van der Waals surface area contributed by atoms with Crippen LogP contribution in [-0.4, -0.2) is 67.6 Å². The maximum Gasteiger partial charge on any atom is 0.265 e. The molecule has 5 rings (SSSR count). The predicted octanol–water partition coefficient (Wildman–Crippen LogP) is 2.30. The number of para-hydroxylation sites is 1. The van der Waals surface area contributed by atoms with Gasteiger partial charge in [0.15, 0.2) is 17.2 Å². The lowest BCUT2D eigenvalue weighted by Gasteiger charge is -2.39. The summed E-state index contributed by atoms with van der Waals surface area (Å²) in [5, 5.41) is 11.5. The lowest BCUT2D eigenvalue weighted by atomic mass is 9.88. The van der Waals surface area contributed by atoms with E-state index in [1.807, 2.05) is 12.1 Å². The first kappa shape index (κ1) is 22.0. The van der Waals surface area contributed by atoms with Crippen molar-refractivity contribution < 1.29 is 28.9 Å². The molecule has 2 fully saturated rings. The number of ether oxygens (including phenoxy) is 3. The van der Waals surface area contributed by atoms with E-state index in [9.17, 15) is 14.7 Å². The highest BCUT2D eigenvalue weighted by Gasteiger charge is 2.51. The van der Waals surface area contributed by atoms with E-state index in [0.717, 1.165) is 25.9 Å². The number of carbonyl (C=O) groups is 2. The third kappa shape index (κ3) is 3.93. The molecule has 0 bridgehead atoms. The van der Waals surface area contributed by atoms with Crippen molar-refractivity contribution in [3.63, 3.8) is 0 Å². The van der Waals surface area contributed by atoms with Crippen molar-refractivity contribution in [2.45, 2.75) is 30.7 Å². The molecule has 1 unspecified atom stereocenters. The minimum atomic E-state index is -1.90. The molecule has 2 saturated heterocycles. The number of ketones is 1. The number of aliphatic hydroxyl groups is 1. The predicted molar refractivity (Wildman–Crippen MR) is 120 cm³/mol. The van der Waals surface area contributed by atoms with E-state index in [1.54, 1.807) is 48.4 Å². The molecule has 0 radical (unpaired) electrons. The van der Waals surface area contributed by atoms with Gasteiger partial charge in [0.1, 0.15) is 5.75 Å². The average Bonchev–Trinajstić information content (AvgIpc) is 3.38. The van der Waals surface area contributed by atoms with Crippen molar-refractivity contribution in [3.8, 4) is 5.75 Å². The molecule has 1 atom stereocenters. The molecule has 3 aliphatic heterocycles. The number of benzene rings is 2. The van der Waals surface area contributed by atoms with Crippen LogP contribution in [0.5, 0.6) is 5.75 Å². The van der Waals surface area contributed by atoms with Gasteiger partial charge in [-0.15, -0.1) is 0 Å². The van der Waals surface area contributed by atoms with Crippen LogP contribution in [0, 0.1) is 0 Å². The van der Waals surface area contributed by atoms with E-state index in [0.29, 0.717) is 42.4 Å². The molecule has 3 heterocycles. The van der Waals surface area contributed by atoms with Gasteiger partial charge in [0.2, 0.25) is 0 Å². The molecule has 0 aliphatic carbocycles. The van der Waals surface area contributed by atoms with E-state index in [1.165, 1.54) is 0 Å². The normalized spacial score (nSPS) is 24.3. The fourth-order valence-electron chi connectivity index (χ4n) is 4.95. The summed E-state index contributed by atoms with van der Waals surface area (Å²) < 4.78 is 16.7. The van der Waals surface area contributed by atoms with Crippen molar-refractivity contribution in [2.75, 3.05) is 45.0 Å². The van der Waals surface area contributed by atoms with Crippen molar-refractivity contribution >= 4 is 17.4 Å². The molecule has 1 amide bonds. The summed E-state index contributed by atoms with van der Waals surface area (Å²) in [7, 11) is 1.55. The standard InChI is InChI=1S/C25H28N2O6/c1-31-19-8-6-18(7-9-19)22(28)16-25(30)20-4-2-3-5-21(20)27(23(25)29)17-26-12-10-24(11-13-26)32-14-15-33-24/h2-9,30H,10-17H2,1H3. The van der Waals surface area contributed by atoms with Gasteiger partial charge in [-0.3, -0.25) is 19.4 Å². The number of fused-ring (bicyclic) bond motifs is 1. The molecule has 2 aromatic carbocycles. The van der Waals surface area contributed by atoms with E-state index in [4.69, 9.17) is 14.2 Å². The maximum atomic E-state index is 13.5. The van der Waals surface area contributed by atoms with Crippen LogP contribution in [-0.2, 0) is 19.9 Å². The van der Waals surface area contributed by atoms with Crippen LogP contribution < -0.4 is 9.64 Å². The number of hydrogen-bond donors (Lipinski definition) is 1. The third-order valence-electron chi connectivity index (χ3n) is 6.84. The van der Waals surface area contributed by atoms with Gasteiger partial charge in [-0.25, -0.2) is 0 Å². The molecule has 2 aromatic rings. The highest BCUT2D eigenvalue weighted by molar-refractivity contribution is 6.10. The highest BCUT2D eigenvalue weighted by Crippen LogP contribution is 2.43. The molecule has 174 valence electrons. The number of amides is 1. The zero-order chi connectivity index (χ0) is 23.1. The number of Topliss-reactive ketones (excluding diaryl/α,β-unsaturated/α-hetero) is 1. The summed E-state index contributed by atoms with van der Waals surface area (Å²) in [6.45, 7) is 3.01. The van der Waals surface area contributed by atoms with Gasteiger partial charge in [0.25, 0.3) is 5.91 Å². The lowest BCUT2D eigenvalue weighted by Crippen LogP contribution is -2.51. The summed E-state index contributed by atoms with van der Waals surface area (Å²) in [4.78, 5) is 30.2. The Morgan fingerprint density at radius 2 is 1.73 bits per heavy atom. The molecule has 3 aliphatic rings. The van der Waals surface area contributed by atoms with Crippen LogP contribution in [0.2, 0.25) is 0 Å². The molecule has 0 saturated carbocycles. The van der Waals surface area contributed by atoms with E-state index < -0.39 is 17.3 Å². The van der Waals surface area contributed by atoms with Gasteiger partial charge in [-0.2, -0.15) is 0 Å². The molecule has 8 heteroatoms. The second-order valence-electron chi connectivity index (χ2n) is 8.81. The Labute approximate surface area is 192 Å². The second-order valence-corrected chi connectivity index (χ2v) is 8.81. The van der Waals surface area contributed by atoms with Crippen LogP contribution in [0.4, 0.5) is 5.69 Å². The Morgan fingerprint density at radius 3 is 2.39 bits per heavy atom. The third-order valence-corrected chi connectivity index (χ3v) is 6.84. The maximum absolute atomic E-state index is 13.5. The molecular formula is C25H28N2O6. The Kier molecular flexibility index (Phi) is 5.70. The molecule has 33 heavy (non-hydrogen) atoms. The topological polar surface area (TPSA) is 88.5 Å². The zero-order valence-electron chi connectivity index (χ0n) is 18.7. The van der Waals surface area contributed by atoms with Crippen molar-refractivity contribution in [3.05, 3.63) is 59.7 Å². The second kappa shape index (κ2) is 8.53. The van der Waals surface area contributed by atoms with Crippen molar-refractivity contribution in [1.29, 1.82) is 0 Å². The van der Waals surface area contributed by atoms with Crippen LogP contribution in [0.3, 0.4) is 0 Å². The minimum Gasteiger partial charge on any atom is -0.497 e. The van der Waals surface area contributed by atoms with Crippen LogP contribution in [0.25, 0.3) is 0 Å². The van der Waals surface area contributed by atoms with Gasteiger partial charge >= 0.3 is 0 Å². The lowest BCUT2D eigenvalue weighted by molar-refractivity contribution is -0.185. The number of rotatable bonds is 6. The summed E-state index contributed by atoms with van der Waals surface area (Å²) in [6.07, 6.45) is 1.14. The fraction of sp³-hybridized carbons (Fsp3) is 0.440. The molecule has 8 nitrogen and oxygen atoms in total. The first-order chi connectivity index (χ1) is 15.9. The summed E-state index contributed by atoms with van der Waals surface area (Å²) >= 11 is 0. The van der Waals surface area contributed by atoms with Crippen LogP contribution in [0.15, 0.2) is 48.5 Å². The number of nitrogens with zero attached hydrogens (tertiary/aromatic N) is 2. The van der Waals surface area contributed by atoms with Gasteiger partial charge in [-0.1, -0.05) is 18.2 Å². The van der Waals surface area contributed by atoms with Crippen LogP contribution >= 0.6 is 0 Å². The number of hydrogen-bond acceptors (Lipinski definition) is 7. The summed E-state index contributed by atoms with van der Waals surface area (Å²) in [6, 6.07) is 13.8. The largest absolute Gasteiger partial charge is 0.497 e. The van der Waals surface area contributed by atoms with E-state index >= 15 is 0 Å². The zero-order valence-corrected chi connectivity index (χ0v) is 18.7. The highest BCUT2D eigenvalue weighted by atomic mass is 16.7. The smallest absolute Gasteiger partial charge is 0.265 e. The Balaban J connectivity index is 1.34. The monoisotopic (exact) mass is 452 g/mol. The quantitative estimate of drug-likeness (QED) is 0.673. The molecule has 1 N–H and O–H groups in total. The van der Waals surface area contributed by atoms with E-state index in [2.05, 4.69) is 4.90 Å². The number of methoxy groups -OCH3 is 1. The number of likely N-dealkylation sites (tertiary alicyclic amines) is 1. The van der Waals surface area contributed by atoms with Crippen molar-refractivity contribution in [1.82, 2.24) is 4.90 Å². The number of carbonyl (C=O) groups excluding carboxylic acids is 2. The Hall–Kier alpha value is -2.78. The first-order valence-corrected chi connectivity index (χ1v) is 11.3. The summed E-state index contributed by atoms with van der Waals surface area (Å²) in [5.74, 6) is -0.634. The average molecular weight is 453 g/mol. The Bertz CT molecular complexity index is 1040. The first-order valence-electron chi connectivity index (χ1n) is 11.3. The van der Waals surface area contributed by atoms with Gasteiger partial charge in [-0.05, 0) is 30.3 Å². The van der Waals surface area contributed by atoms with Gasteiger partial charge < -0.3 is 19.3 Å². The molecular weight excluding hydrogens is 424 g/mol. The number of piperidine rings is 1. The van der Waals surface area contributed by atoms with Crippen LogP contribution in [0.1, 0.15) is 35.2 Å². The van der Waals surface area contributed by atoms with E-state index in [-0.39, 0.29) is 12.2 Å². The Morgan fingerprint density at radius 1 is 1.06 bits per heavy atom. The SMILES string of the molecule is COc1ccc(C(=O)CC2(O)C(=O)N(CN3CCC4(CC3)OCCO4)c3ccccc32)cc1. The molecule has 1 spiro atoms. The minimum absolute atomic E-state index is 0.305. The van der Waals surface area contributed by atoms with Crippen molar-refractivity contribution in [2.24, 2.45) is 0 Å². The fourth-order valence-corrected chi connectivity index (χ4v) is 4.95. The summed E-state index contributed by atoms with van der Waals surface area (Å²) in [5.41, 5.74) is -0.373. The van der Waals surface area contributed by atoms with Gasteiger partial charge in [0.05, 0.1) is 39.1 Å². The number of anilines is 1. The van der Waals surface area contributed by atoms with Gasteiger partial charge in [0, 0.05) is 37.1 Å².